The Balaban J connectivity index is 1.54. The Morgan fingerprint density at radius 2 is 1.96 bits per heavy atom. The molecule has 2 aromatic carbocycles. The second-order valence-corrected chi connectivity index (χ2v) is 7.70. The lowest BCUT2D eigenvalue weighted by Gasteiger charge is -2.23. The zero-order valence-corrected chi connectivity index (χ0v) is 15.4. The third-order valence-electron chi connectivity index (χ3n) is 4.48. The van der Waals surface area contributed by atoms with E-state index in [1.165, 1.54) is 0 Å². The van der Waals surface area contributed by atoms with Gasteiger partial charge >= 0.3 is 5.97 Å². The van der Waals surface area contributed by atoms with Gasteiger partial charge in [-0.1, -0.05) is 39.0 Å². The smallest absolute Gasteiger partial charge is 0.339 e. The van der Waals surface area contributed by atoms with Crippen molar-refractivity contribution in [3.05, 3.63) is 59.5 Å². The third kappa shape index (κ3) is 3.30. The molecule has 0 fully saturated rings. The Bertz CT molecular complexity index is 1050. The molecule has 1 N–H and O–H groups in total. The first-order valence-corrected chi connectivity index (χ1v) is 8.82. The molecule has 0 saturated carbocycles. The number of ether oxygens (including phenoxy) is 1. The van der Waals surface area contributed by atoms with Gasteiger partial charge < -0.3 is 14.5 Å². The molecule has 1 atom stereocenters. The predicted molar refractivity (Wildman–Crippen MR) is 101 cm³/mol. The van der Waals surface area contributed by atoms with E-state index in [2.05, 4.69) is 10.3 Å². The van der Waals surface area contributed by atoms with Crippen molar-refractivity contribution in [2.24, 2.45) is 0 Å². The molecule has 0 radical (unpaired) electrons. The molecule has 0 aliphatic carbocycles. The summed E-state index contributed by atoms with van der Waals surface area (Å²) in [6, 6.07) is 12.4. The second-order valence-electron chi connectivity index (χ2n) is 7.70. The molecule has 1 amide bonds. The number of hydrogen-bond donors (Lipinski definition) is 1. The molecule has 6 nitrogen and oxygen atoms in total. The van der Waals surface area contributed by atoms with Crippen molar-refractivity contribution >= 4 is 28.7 Å². The first-order valence-electron chi connectivity index (χ1n) is 8.82. The van der Waals surface area contributed by atoms with Crippen LogP contribution in [0.2, 0.25) is 0 Å². The largest absolute Gasteiger partial charge is 0.448 e. The van der Waals surface area contributed by atoms with Crippen LogP contribution in [0.15, 0.2) is 46.9 Å². The zero-order chi connectivity index (χ0) is 19.2. The highest BCUT2D eigenvalue weighted by atomic mass is 16.5. The highest BCUT2D eigenvalue weighted by molar-refractivity contribution is 6.00. The van der Waals surface area contributed by atoms with Gasteiger partial charge in [-0.2, -0.15) is 0 Å². The number of aromatic nitrogens is 1. The van der Waals surface area contributed by atoms with Crippen molar-refractivity contribution in [2.75, 3.05) is 5.32 Å². The van der Waals surface area contributed by atoms with Crippen molar-refractivity contribution in [2.45, 2.75) is 38.7 Å². The fourth-order valence-electron chi connectivity index (χ4n) is 3.03. The summed E-state index contributed by atoms with van der Waals surface area (Å²) in [5.41, 5.74) is 3.04. The zero-order valence-electron chi connectivity index (χ0n) is 15.4. The van der Waals surface area contributed by atoms with Crippen LogP contribution in [0.4, 0.5) is 5.69 Å². The van der Waals surface area contributed by atoms with Crippen LogP contribution in [-0.4, -0.2) is 23.0 Å². The highest BCUT2D eigenvalue weighted by Crippen LogP contribution is 2.28. The minimum Gasteiger partial charge on any atom is -0.448 e. The summed E-state index contributed by atoms with van der Waals surface area (Å²) in [7, 11) is 0. The Hall–Kier alpha value is -3.15. The number of cyclic esters (lactones) is 1. The Morgan fingerprint density at radius 3 is 2.74 bits per heavy atom. The van der Waals surface area contributed by atoms with Gasteiger partial charge in [-0.15, -0.1) is 0 Å². The van der Waals surface area contributed by atoms with Crippen LogP contribution in [0.3, 0.4) is 0 Å². The van der Waals surface area contributed by atoms with Gasteiger partial charge in [0, 0.05) is 17.5 Å². The summed E-state index contributed by atoms with van der Waals surface area (Å²) in [5.74, 6) is -0.200. The molecule has 4 rings (SSSR count). The Morgan fingerprint density at radius 1 is 1.19 bits per heavy atom. The summed E-state index contributed by atoms with van der Waals surface area (Å²) in [4.78, 5) is 29.2. The SMILES string of the molecule is CC(C)(C)c1nc2cc(NC(=O)C3Cc4ccccc4C(=O)O3)ccc2o1. The number of anilines is 1. The average molecular weight is 364 g/mol. The van der Waals surface area contributed by atoms with E-state index in [4.69, 9.17) is 9.15 Å². The molecular weight excluding hydrogens is 344 g/mol. The van der Waals surface area contributed by atoms with E-state index < -0.39 is 12.1 Å². The number of amides is 1. The van der Waals surface area contributed by atoms with E-state index in [-0.39, 0.29) is 11.3 Å². The van der Waals surface area contributed by atoms with E-state index in [0.717, 1.165) is 5.56 Å². The maximum absolute atomic E-state index is 12.6. The Labute approximate surface area is 156 Å². The van der Waals surface area contributed by atoms with Gasteiger partial charge in [0.05, 0.1) is 5.56 Å². The number of nitrogens with zero attached hydrogens (tertiary/aromatic N) is 1. The van der Waals surface area contributed by atoms with Crippen LogP contribution in [0, 0.1) is 0 Å². The van der Waals surface area contributed by atoms with Gasteiger partial charge in [0.1, 0.15) is 5.52 Å². The van der Waals surface area contributed by atoms with Gasteiger partial charge in [0.15, 0.2) is 11.7 Å². The summed E-state index contributed by atoms with van der Waals surface area (Å²) in [6.45, 7) is 6.07. The van der Waals surface area contributed by atoms with Crippen molar-refractivity contribution in [1.29, 1.82) is 0 Å². The number of benzene rings is 2. The summed E-state index contributed by atoms with van der Waals surface area (Å²) in [6.07, 6.45) is -0.501. The topological polar surface area (TPSA) is 81.4 Å². The molecule has 2 heterocycles. The van der Waals surface area contributed by atoms with Crippen LogP contribution in [0.25, 0.3) is 11.1 Å². The van der Waals surface area contributed by atoms with Gasteiger partial charge in [0.2, 0.25) is 5.89 Å². The molecule has 138 valence electrons. The molecule has 1 aromatic heterocycles. The standard InChI is InChI=1S/C21H20N2O4/c1-21(2,3)20-23-15-11-13(8-9-16(15)27-20)22-18(24)17-10-12-6-4-5-7-14(12)19(25)26-17/h4-9,11,17H,10H2,1-3H3,(H,22,24). The molecule has 0 spiro atoms. The van der Waals surface area contributed by atoms with Gasteiger partial charge in [-0.25, -0.2) is 9.78 Å². The highest BCUT2D eigenvalue weighted by Gasteiger charge is 2.31. The minimum absolute atomic E-state index is 0.202. The van der Waals surface area contributed by atoms with E-state index in [9.17, 15) is 9.59 Å². The molecule has 1 aliphatic rings. The first kappa shape index (κ1) is 17.3. The van der Waals surface area contributed by atoms with Crippen LogP contribution >= 0.6 is 0 Å². The maximum Gasteiger partial charge on any atom is 0.339 e. The lowest BCUT2D eigenvalue weighted by Crippen LogP contribution is -2.37. The van der Waals surface area contributed by atoms with Crippen molar-refractivity contribution < 1.29 is 18.7 Å². The van der Waals surface area contributed by atoms with Crippen molar-refractivity contribution in [3.63, 3.8) is 0 Å². The predicted octanol–water partition coefficient (Wildman–Crippen LogP) is 3.85. The number of hydrogen-bond acceptors (Lipinski definition) is 5. The number of fused-ring (bicyclic) bond motifs is 2. The van der Waals surface area contributed by atoms with Crippen molar-refractivity contribution in [3.8, 4) is 0 Å². The van der Waals surface area contributed by atoms with E-state index in [0.29, 0.717) is 34.7 Å². The summed E-state index contributed by atoms with van der Waals surface area (Å²) < 4.78 is 11.1. The number of nitrogens with one attached hydrogen (secondary N) is 1. The molecule has 27 heavy (non-hydrogen) atoms. The fourth-order valence-corrected chi connectivity index (χ4v) is 3.03. The molecule has 0 saturated heterocycles. The molecule has 3 aromatic rings. The molecular formula is C21H20N2O4. The molecule has 0 bridgehead atoms. The number of rotatable bonds is 2. The van der Waals surface area contributed by atoms with E-state index in [1.807, 2.05) is 32.9 Å². The quantitative estimate of drug-likeness (QED) is 0.699. The summed E-state index contributed by atoms with van der Waals surface area (Å²) >= 11 is 0. The fraction of sp³-hybridized carbons (Fsp3) is 0.286. The monoisotopic (exact) mass is 364 g/mol. The molecule has 1 aliphatic heterocycles. The van der Waals surface area contributed by atoms with Crippen molar-refractivity contribution in [1.82, 2.24) is 4.98 Å². The van der Waals surface area contributed by atoms with Crippen LogP contribution < -0.4 is 5.32 Å². The number of esters is 1. The van der Waals surface area contributed by atoms with Crippen LogP contribution in [0.5, 0.6) is 0 Å². The normalized spacial score (nSPS) is 16.7. The molecule has 6 heteroatoms. The second kappa shape index (κ2) is 6.23. The lowest BCUT2D eigenvalue weighted by atomic mass is 9.97. The van der Waals surface area contributed by atoms with Gasteiger partial charge in [-0.3, -0.25) is 4.79 Å². The van der Waals surface area contributed by atoms with Gasteiger partial charge in [0.25, 0.3) is 5.91 Å². The molecule has 1 unspecified atom stereocenters. The van der Waals surface area contributed by atoms with Crippen LogP contribution in [-0.2, 0) is 21.4 Å². The third-order valence-corrected chi connectivity index (χ3v) is 4.48. The van der Waals surface area contributed by atoms with E-state index >= 15 is 0 Å². The minimum atomic E-state index is -0.856. The first-order chi connectivity index (χ1) is 12.8. The Kier molecular flexibility index (Phi) is 3.98. The van der Waals surface area contributed by atoms with Gasteiger partial charge in [-0.05, 0) is 29.8 Å². The number of oxazole rings is 1. The summed E-state index contributed by atoms with van der Waals surface area (Å²) in [5, 5.41) is 2.81. The lowest BCUT2D eigenvalue weighted by molar-refractivity contribution is -0.125. The van der Waals surface area contributed by atoms with Crippen LogP contribution in [0.1, 0.15) is 42.6 Å². The van der Waals surface area contributed by atoms with E-state index in [1.54, 1.807) is 30.3 Å². The number of carbonyl (C=O) groups is 2. The maximum atomic E-state index is 12.6. The number of carbonyl (C=O) groups excluding carboxylic acids is 2. The average Bonchev–Trinajstić information content (AvgIpc) is 3.05.